The van der Waals surface area contributed by atoms with Crippen LogP contribution < -0.4 is 4.72 Å². The predicted molar refractivity (Wildman–Crippen MR) is 130 cm³/mol. The lowest BCUT2D eigenvalue weighted by Crippen LogP contribution is -2.38. The zero-order valence-electron chi connectivity index (χ0n) is 19.1. The molecule has 1 N–H and O–H groups in total. The van der Waals surface area contributed by atoms with Gasteiger partial charge in [-0.05, 0) is 79.8 Å². The van der Waals surface area contributed by atoms with Gasteiger partial charge in [-0.1, -0.05) is 31.0 Å². The molecule has 2 aliphatic rings. The summed E-state index contributed by atoms with van der Waals surface area (Å²) in [6, 6.07) is 15.1. The molecule has 2 aromatic rings. The van der Waals surface area contributed by atoms with Gasteiger partial charge in [0.25, 0.3) is 5.91 Å². The summed E-state index contributed by atoms with van der Waals surface area (Å²) in [4.78, 5) is 15.1. The number of hydrogen-bond donors (Lipinski definition) is 1. The van der Waals surface area contributed by atoms with E-state index in [1.165, 1.54) is 5.56 Å². The van der Waals surface area contributed by atoms with Crippen molar-refractivity contribution in [2.24, 2.45) is 5.92 Å². The molecule has 0 bridgehead atoms. The van der Waals surface area contributed by atoms with Crippen LogP contribution in [-0.2, 0) is 10.0 Å². The van der Waals surface area contributed by atoms with Gasteiger partial charge in [0.1, 0.15) is 0 Å². The third-order valence-electron chi connectivity index (χ3n) is 6.96. The zero-order chi connectivity index (χ0) is 23.4. The van der Waals surface area contributed by atoms with E-state index in [9.17, 15) is 13.2 Å². The van der Waals surface area contributed by atoms with Gasteiger partial charge in [-0.2, -0.15) is 5.26 Å². The van der Waals surface area contributed by atoms with E-state index >= 15 is 0 Å². The number of anilines is 1. The molecule has 1 saturated heterocycles. The van der Waals surface area contributed by atoms with Crippen LogP contribution in [0.2, 0.25) is 0 Å². The lowest BCUT2D eigenvalue weighted by molar-refractivity contribution is 0.0712. The maximum atomic E-state index is 13.3. The van der Waals surface area contributed by atoms with Crippen LogP contribution in [0.15, 0.2) is 42.5 Å². The van der Waals surface area contributed by atoms with Crippen molar-refractivity contribution in [1.29, 1.82) is 5.26 Å². The topological polar surface area (TPSA) is 90.3 Å². The Kier molecular flexibility index (Phi) is 7.04. The third-order valence-corrected chi connectivity index (χ3v) is 8.42. The molecule has 0 radical (unpaired) electrons. The number of likely N-dealkylation sites (tertiary alicyclic amines) is 1. The van der Waals surface area contributed by atoms with Crippen molar-refractivity contribution in [1.82, 2.24) is 4.90 Å². The molecule has 4 rings (SSSR count). The van der Waals surface area contributed by atoms with Gasteiger partial charge in [0.15, 0.2) is 0 Å². The third kappa shape index (κ3) is 5.75. The van der Waals surface area contributed by atoms with Crippen LogP contribution in [0.3, 0.4) is 0 Å². The van der Waals surface area contributed by atoms with Gasteiger partial charge in [-0.25, -0.2) is 8.42 Å². The summed E-state index contributed by atoms with van der Waals surface area (Å²) in [5.41, 5.74) is 3.70. The van der Waals surface area contributed by atoms with Crippen LogP contribution in [0.5, 0.6) is 0 Å². The second-order valence-electron chi connectivity index (χ2n) is 9.36. The Balaban J connectivity index is 1.40. The number of amides is 1. The van der Waals surface area contributed by atoms with Crippen molar-refractivity contribution in [3.63, 3.8) is 0 Å². The summed E-state index contributed by atoms with van der Waals surface area (Å²) in [5.74, 6) is 0.693. The van der Waals surface area contributed by atoms with Crippen LogP contribution in [0.25, 0.3) is 0 Å². The lowest BCUT2D eigenvalue weighted by atomic mass is 9.88. The first-order valence-electron chi connectivity index (χ1n) is 11.7. The Hall–Kier alpha value is -2.85. The minimum absolute atomic E-state index is 0.0531. The van der Waals surface area contributed by atoms with Crippen molar-refractivity contribution >= 4 is 21.6 Å². The number of nitrogens with one attached hydrogen (secondary N) is 1. The highest BCUT2D eigenvalue weighted by molar-refractivity contribution is 7.92. The number of benzene rings is 2. The number of sulfonamides is 1. The zero-order valence-corrected chi connectivity index (χ0v) is 19.9. The average Bonchev–Trinajstić information content (AvgIpc) is 3.32. The number of carbonyl (C=O) groups is 1. The summed E-state index contributed by atoms with van der Waals surface area (Å²) in [6.07, 6.45) is 5.87. The maximum absolute atomic E-state index is 13.3. The molecule has 2 aromatic carbocycles. The fraction of sp³-hybridized carbons (Fsp3) is 0.462. The van der Waals surface area contributed by atoms with E-state index in [1.54, 1.807) is 12.1 Å². The summed E-state index contributed by atoms with van der Waals surface area (Å²) < 4.78 is 27.9. The molecule has 0 aromatic heterocycles. The molecule has 1 saturated carbocycles. The first kappa shape index (κ1) is 23.3. The van der Waals surface area contributed by atoms with E-state index in [1.807, 2.05) is 42.2 Å². The van der Waals surface area contributed by atoms with E-state index in [4.69, 9.17) is 5.26 Å². The summed E-state index contributed by atoms with van der Waals surface area (Å²) in [6.45, 7) is 3.19. The second-order valence-corrected chi connectivity index (χ2v) is 11.1. The molecule has 2 fully saturated rings. The number of rotatable bonds is 6. The standard InChI is InChI=1S/C26H31N3O3S/c1-19-6-11-24(28-33(31,32)18-21-4-2-3-5-21)16-25(19)26(30)29-14-12-23(13-15-29)22-9-7-20(17-27)8-10-22/h6-11,16,21,23,28H,2-5,12-15,18H2,1H3. The lowest BCUT2D eigenvalue weighted by Gasteiger charge is -2.32. The number of nitrogens with zero attached hydrogens (tertiary/aromatic N) is 2. The van der Waals surface area contributed by atoms with Crippen LogP contribution in [0, 0.1) is 24.2 Å². The Bertz CT molecular complexity index is 1140. The van der Waals surface area contributed by atoms with Crippen LogP contribution in [-0.4, -0.2) is 38.1 Å². The van der Waals surface area contributed by atoms with Gasteiger partial charge in [0.05, 0.1) is 17.4 Å². The van der Waals surface area contributed by atoms with E-state index < -0.39 is 10.0 Å². The molecular formula is C26H31N3O3S. The van der Waals surface area contributed by atoms with Crippen molar-refractivity contribution < 1.29 is 13.2 Å². The van der Waals surface area contributed by atoms with Gasteiger partial charge in [0, 0.05) is 24.3 Å². The van der Waals surface area contributed by atoms with Crippen molar-refractivity contribution in [3.05, 3.63) is 64.7 Å². The number of nitriles is 1. The van der Waals surface area contributed by atoms with Gasteiger partial charge >= 0.3 is 0 Å². The molecule has 0 spiro atoms. The molecule has 0 atom stereocenters. The fourth-order valence-corrected chi connectivity index (χ4v) is 6.56. The summed E-state index contributed by atoms with van der Waals surface area (Å²) >= 11 is 0. The predicted octanol–water partition coefficient (Wildman–Crippen LogP) is 4.82. The van der Waals surface area contributed by atoms with Gasteiger partial charge < -0.3 is 4.90 Å². The highest BCUT2D eigenvalue weighted by Crippen LogP contribution is 2.30. The number of piperidine rings is 1. The van der Waals surface area contributed by atoms with Crippen molar-refractivity contribution in [2.45, 2.75) is 51.4 Å². The Morgan fingerprint density at radius 3 is 2.36 bits per heavy atom. The molecule has 174 valence electrons. The van der Waals surface area contributed by atoms with Crippen molar-refractivity contribution in [3.8, 4) is 6.07 Å². The molecule has 7 heteroatoms. The largest absolute Gasteiger partial charge is 0.339 e. The SMILES string of the molecule is Cc1ccc(NS(=O)(=O)CC2CCCC2)cc1C(=O)N1CCC(c2ccc(C#N)cc2)CC1. The monoisotopic (exact) mass is 465 g/mol. The van der Waals surface area contributed by atoms with Crippen LogP contribution in [0.1, 0.15) is 71.5 Å². The number of hydrogen-bond acceptors (Lipinski definition) is 4. The summed E-state index contributed by atoms with van der Waals surface area (Å²) in [5, 5.41) is 8.98. The fourth-order valence-electron chi connectivity index (χ4n) is 5.04. The van der Waals surface area contributed by atoms with Gasteiger partial charge in [-0.3, -0.25) is 9.52 Å². The van der Waals surface area contributed by atoms with E-state index in [0.29, 0.717) is 35.8 Å². The van der Waals surface area contributed by atoms with Crippen LogP contribution in [0.4, 0.5) is 5.69 Å². The number of aryl methyl sites for hydroxylation is 1. The van der Waals surface area contributed by atoms with E-state index in [2.05, 4.69) is 10.8 Å². The average molecular weight is 466 g/mol. The molecule has 1 amide bonds. The highest BCUT2D eigenvalue weighted by atomic mass is 32.2. The Labute approximate surface area is 196 Å². The first-order chi connectivity index (χ1) is 15.8. The van der Waals surface area contributed by atoms with Crippen molar-refractivity contribution in [2.75, 3.05) is 23.6 Å². The highest BCUT2D eigenvalue weighted by Gasteiger charge is 2.26. The molecule has 33 heavy (non-hydrogen) atoms. The molecule has 0 unspecified atom stereocenters. The molecule has 6 nitrogen and oxygen atoms in total. The van der Waals surface area contributed by atoms with E-state index in [-0.39, 0.29) is 17.6 Å². The number of carbonyl (C=O) groups excluding carboxylic acids is 1. The normalized spacial score (nSPS) is 17.6. The Morgan fingerprint density at radius 2 is 1.73 bits per heavy atom. The quantitative estimate of drug-likeness (QED) is 0.662. The first-order valence-corrected chi connectivity index (χ1v) is 13.4. The molecule has 1 aliphatic carbocycles. The smallest absolute Gasteiger partial charge is 0.254 e. The van der Waals surface area contributed by atoms with E-state index in [0.717, 1.165) is 44.1 Å². The maximum Gasteiger partial charge on any atom is 0.254 e. The minimum Gasteiger partial charge on any atom is -0.339 e. The van der Waals surface area contributed by atoms with Crippen LogP contribution >= 0.6 is 0 Å². The summed E-state index contributed by atoms with van der Waals surface area (Å²) in [7, 11) is -3.44. The van der Waals surface area contributed by atoms with Gasteiger partial charge in [-0.15, -0.1) is 0 Å². The molecule has 1 aliphatic heterocycles. The molecular weight excluding hydrogens is 434 g/mol. The minimum atomic E-state index is -3.44. The second kappa shape index (κ2) is 9.96. The molecule has 1 heterocycles. The Morgan fingerprint density at radius 1 is 1.06 bits per heavy atom. The van der Waals surface area contributed by atoms with Gasteiger partial charge in [0.2, 0.25) is 10.0 Å².